The Morgan fingerprint density at radius 2 is 1.78 bits per heavy atom. The van der Waals surface area contributed by atoms with Crippen molar-refractivity contribution in [3.05, 3.63) is 65.5 Å². The molecule has 0 aromatic heterocycles. The van der Waals surface area contributed by atoms with Crippen LogP contribution < -0.4 is 4.74 Å². The summed E-state index contributed by atoms with van der Waals surface area (Å²) in [6, 6.07) is 12.9. The molecule has 0 amide bonds. The number of rotatable bonds is 5. The van der Waals surface area contributed by atoms with Gasteiger partial charge in [-0.1, -0.05) is 53.5 Å². The highest BCUT2D eigenvalue weighted by molar-refractivity contribution is 6.54. The van der Waals surface area contributed by atoms with Crippen molar-refractivity contribution in [2.24, 2.45) is 0 Å². The van der Waals surface area contributed by atoms with Gasteiger partial charge in [0.1, 0.15) is 27.9 Å². The number of halogens is 3. The summed E-state index contributed by atoms with van der Waals surface area (Å²) >= 11 is 12.0. The quantitative estimate of drug-likeness (QED) is 0.814. The molecule has 1 atom stereocenters. The summed E-state index contributed by atoms with van der Waals surface area (Å²) in [5, 5.41) is 9.40. The van der Waals surface area contributed by atoms with Gasteiger partial charge in [0.2, 0.25) is 0 Å². The minimum atomic E-state index is -1.30. The van der Waals surface area contributed by atoms with E-state index in [0.29, 0.717) is 16.9 Å². The molecule has 0 spiro atoms. The van der Waals surface area contributed by atoms with Crippen LogP contribution in [0.15, 0.2) is 48.5 Å². The van der Waals surface area contributed by atoms with Gasteiger partial charge in [-0.3, -0.25) is 4.79 Å². The Morgan fingerprint density at radius 3 is 2.30 bits per heavy atom. The molecule has 0 saturated heterocycles. The summed E-state index contributed by atoms with van der Waals surface area (Å²) in [7, 11) is 0. The maximum absolute atomic E-state index is 13.5. The lowest BCUT2D eigenvalue weighted by atomic mass is 9.96. The smallest absolute Gasteiger partial charge is 0.317 e. The predicted molar refractivity (Wildman–Crippen MR) is 85.5 cm³/mol. The van der Waals surface area contributed by atoms with Crippen molar-refractivity contribution in [3.63, 3.8) is 0 Å². The van der Waals surface area contributed by atoms with E-state index in [0.717, 1.165) is 0 Å². The largest absolute Gasteiger partial charge is 0.489 e. The Balaban J connectivity index is 1.73. The molecule has 2 aromatic carbocycles. The van der Waals surface area contributed by atoms with Gasteiger partial charge in [0.15, 0.2) is 0 Å². The molecule has 1 aliphatic carbocycles. The predicted octanol–water partition coefficient (Wildman–Crippen LogP) is 4.30. The van der Waals surface area contributed by atoms with E-state index in [4.69, 9.17) is 27.9 Å². The van der Waals surface area contributed by atoms with Gasteiger partial charge in [-0.25, -0.2) is 4.39 Å². The topological polar surface area (TPSA) is 46.5 Å². The van der Waals surface area contributed by atoms with Gasteiger partial charge in [-0.15, -0.1) is 0 Å². The molecule has 0 heterocycles. The molecule has 1 N–H and O–H groups in total. The molecule has 23 heavy (non-hydrogen) atoms. The van der Waals surface area contributed by atoms with Gasteiger partial charge in [-0.2, -0.15) is 0 Å². The number of carboxylic acids is 1. The third-order valence-electron chi connectivity index (χ3n) is 4.05. The first kappa shape index (κ1) is 16.1. The van der Waals surface area contributed by atoms with Crippen molar-refractivity contribution in [1.82, 2.24) is 0 Å². The number of carbonyl (C=O) groups is 1. The molecule has 0 aliphatic heterocycles. The molecule has 3 rings (SSSR count). The van der Waals surface area contributed by atoms with Crippen molar-refractivity contribution in [3.8, 4) is 5.75 Å². The summed E-state index contributed by atoms with van der Waals surface area (Å²) in [4.78, 5) is 11.5. The SMILES string of the molecule is O=C(O)C1(c2ccc(OCc3ccccc3F)cc2)CC1(Cl)Cl. The van der Waals surface area contributed by atoms with Gasteiger partial charge in [-0.05, 0) is 23.8 Å². The number of ether oxygens (including phenoxy) is 1. The highest BCUT2D eigenvalue weighted by Crippen LogP contribution is 2.65. The molecule has 3 nitrogen and oxygen atoms in total. The van der Waals surface area contributed by atoms with Crippen LogP contribution in [0.2, 0.25) is 0 Å². The maximum Gasteiger partial charge on any atom is 0.317 e. The van der Waals surface area contributed by atoms with Crippen molar-refractivity contribution >= 4 is 29.2 Å². The fraction of sp³-hybridized carbons (Fsp3) is 0.235. The van der Waals surface area contributed by atoms with E-state index < -0.39 is 15.7 Å². The van der Waals surface area contributed by atoms with Crippen molar-refractivity contribution in [2.75, 3.05) is 0 Å². The van der Waals surface area contributed by atoms with Gasteiger partial charge >= 0.3 is 5.97 Å². The van der Waals surface area contributed by atoms with E-state index >= 15 is 0 Å². The average molecular weight is 355 g/mol. The number of alkyl halides is 2. The second-order valence-corrected chi connectivity index (χ2v) is 6.98. The summed E-state index contributed by atoms with van der Waals surface area (Å²) in [5.41, 5.74) is -0.310. The minimum absolute atomic E-state index is 0.0883. The molecule has 1 aliphatic rings. The molecule has 120 valence electrons. The molecule has 1 saturated carbocycles. The monoisotopic (exact) mass is 354 g/mol. The first-order valence-corrected chi connectivity index (χ1v) is 7.70. The number of hydrogen-bond acceptors (Lipinski definition) is 2. The molecule has 1 unspecified atom stereocenters. The second kappa shape index (κ2) is 5.69. The van der Waals surface area contributed by atoms with E-state index in [1.54, 1.807) is 42.5 Å². The van der Waals surface area contributed by atoms with Crippen LogP contribution >= 0.6 is 23.2 Å². The van der Waals surface area contributed by atoms with E-state index in [2.05, 4.69) is 0 Å². The summed E-state index contributed by atoms with van der Waals surface area (Å²) < 4.78 is 17.7. The Labute approximate surface area is 142 Å². The highest BCUT2D eigenvalue weighted by Gasteiger charge is 2.72. The zero-order valence-electron chi connectivity index (χ0n) is 11.9. The molecule has 6 heteroatoms. The number of aliphatic carboxylic acids is 1. The van der Waals surface area contributed by atoms with Crippen molar-refractivity contribution < 1.29 is 19.0 Å². The number of hydrogen-bond donors (Lipinski definition) is 1. The maximum atomic E-state index is 13.5. The Hall–Kier alpha value is -1.78. The normalized spacial score (nSPS) is 21.7. The molecule has 0 radical (unpaired) electrons. The van der Waals surface area contributed by atoms with E-state index in [-0.39, 0.29) is 18.8 Å². The minimum Gasteiger partial charge on any atom is -0.489 e. The zero-order chi connectivity index (χ0) is 16.7. The third-order valence-corrected chi connectivity index (χ3v) is 4.96. The van der Waals surface area contributed by atoms with E-state index in [1.807, 2.05) is 0 Å². The third kappa shape index (κ3) is 2.77. The van der Waals surface area contributed by atoms with Gasteiger partial charge in [0.05, 0.1) is 0 Å². The number of carboxylic acid groups (broad SMARTS) is 1. The molecule has 0 bridgehead atoms. The zero-order valence-corrected chi connectivity index (χ0v) is 13.4. The van der Waals surface area contributed by atoms with Crippen LogP contribution in [0.5, 0.6) is 5.75 Å². The van der Waals surface area contributed by atoms with E-state index in [9.17, 15) is 14.3 Å². The summed E-state index contributed by atoms with van der Waals surface area (Å²) in [6.45, 7) is 0.0883. The summed E-state index contributed by atoms with van der Waals surface area (Å²) in [6.07, 6.45) is 0.161. The number of benzene rings is 2. The van der Waals surface area contributed by atoms with Crippen molar-refractivity contribution in [2.45, 2.75) is 22.8 Å². The molecule has 1 fully saturated rings. The Morgan fingerprint density at radius 1 is 1.17 bits per heavy atom. The average Bonchev–Trinajstić information content (AvgIpc) is 3.11. The van der Waals surface area contributed by atoms with Crippen LogP contribution in [0.1, 0.15) is 17.5 Å². The fourth-order valence-electron chi connectivity index (χ4n) is 2.57. The van der Waals surface area contributed by atoms with Crippen LogP contribution in [0.25, 0.3) is 0 Å². The van der Waals surface area contributed by atoms with E-state index in [1.165, 1.54) is 6.07 Å². The first-order chi connectivity index (χ1) is 10.9. The van der Waals surface area contributed by atoms with Crippen LogP contribution in [0.3, 0.4) is 0 Å². The lowest BCUT2D eigenvalue weighted by molar-refractivity contribution is -0.140. The molecule has 2 aromatic rings. The van der Waals surface area contributed by atoms with Crippen LogP contribution in [0.4, 0.5) is 4.39 Å². The Bertz CT molecular complexity index is 746. The highest BCUT2D eigenvalue weighted by atomic mass is 35.5. The van der Waals surface area contributed by atoms with Crippen LogP contribution in [-0.4, -0.2) is 15.4 Å². The van der Waals surface area contributed by atoms with Gasteiger partial charge in [0.25, 0.3) is 0 Å². The van der Waals surface area contributed by atoms with Crippen molar-refractivity contribution in [1.29, 1.82) is 0 Å². The lowest BCUT2D eigenvalue weighted by Gasteiger charge is -2.14. The fourth-order valence-corrected chi connectivity index (χ4v) is 3.35. The second-order valence-electron chi connectivity index (χ2n) is 5.50. The van der Waals surface area contributed by atoms with Crippen LogP contribution in [-0.2, 0) is 16.8 Å². The molecular formula is C17H13Cl2FO3. The van der Waals surface area contributed by atoms with Gasteiger partial charge in [0, 0.05) is 12.0 Å². The molecular weight excluding hydrogens is 342 g/mol. The van der Waals surface area contributed by atoms with Crippen LogP contribution in [0, 0.1) is 5.82 Å². The Kier molecular flexibility index (Phi) is 3.98. The first-order valence-electron chi connectivity index (χ1n) is 6.95. The standard InChI is InChI=1S/C17H13Cl2FO3/c18-17(19)10-16(17,15(21)22)12-5-7-13(8-6-12)23-9-11-3-1-2-4-14(11)20/h1-8H,9-10H2,(H,21,22). The summed E-state index contributed by atoms with van der Waals surface area (Å²) in [5.74, 6) is -0.878. The van der Waals surface area contributed by atoms with Gasteiger partial charge < -0.3 is 9.84 Å². The lowest BCUT2D eigenvalue weighted by Crippen LogP contribution is -2.26.